The Morgan fingerprint density at radius 3 is 2.76 bits per heavy atom. The van der Waals surface area contributed by atoms with Crippen LogP contribution in [0, 0.1) is 0 Å². The standard InChI is InChI=1S/C14H16N2O3S2/c1-3-9(17)12-11(15)10(14(18)19-2)13(21-12)16-7-8-5-4-6-20-8/h4-6,16H,3,7,15H2,1-2H3. The molecule has 0 bridgehead atoms. The van der Waals surface area contributed by atoms with Crippen LogP contribution in [0.2, 0.25) is 0 Å². The van der Waals surface area contributed by atoms with Crippen LogP contribution in [0.15, 0.2) is 17.5 Å². The summed E-state index contributed by atoms with van der Waals surface area (Å²) in [6.07, 6.45) is 0.343. The van der Waals surface area contributed by atoms with Gasteiger partial charge in [-0.25, -0.2) is 4.79 Å². The van der Waals surface area contributed by atoms with Crippen molar-refractivity contribution < 1.29 is 14.3 Å². The van der Waals surface area contributed by atoms with E-state index in [0.29, 0.717) is 22.8 Å². The molecule has 0 aromatic carbocycles. The molecule has 0 unspecified atom stereocenters. The van der Waals surface area contributed by atoms with Gasteiger partial charge in [0.25, 0.3) is 0 Å². The van der Waals surface area contributed by atoms with Gasteiger partial charge in [-0.05, 0) is 11.4 Å². The lowest BCUT2D eigenvalue weighted by molar-refractivity contribution is 0.0603. The van der Waals surface area contributed by atoms with E-state index in [1.807, 2.05) is 17.5 Å². The lowest BCUT2D eigenvalue weighted by Crippen LogP contribution is -2.08. The molecule has 2 aromatic rings. The number of hydrogen-bond acceptors (Lipinski definition) is 7. The van der Waals surface area contributed by atoms with Crippen molar-refractivity contribution in [2.75, 3.05) is 18.2 Å². The fourth-order valence-electron chi connectivity index (χ4n) is 1.82. The number of carbonyl (C=O) groups is 2. The molecule has 0 aliphatic rings. The first-order chi connectivity index (χ1) is 10.1. The zero-order valence-electron chi connectivity index (χ0n) is 11.8. The average molecular weight is 324 g/mol. The van der Waals surface area contributed by atoms with Crippen molar-refractivity contribution in [1.82, 2.24) is 0 Å². The summed E-state index contributed by atoms with van der Waals surface area (Å²) in [5.41, 5.74) is 6.40. The van der Waals surface area contributed by atoms with E-state index in [1.54, 1.807) is 18.3 Å². The molecule has 0 fully saturated rings. The maximum atomic E-state index is 11.9. The van der Waals surface area contributed by atoms with Gasteiger partial charge in [-0.1, -0.05) is 13.0 Å². The fraction of sp³-hybridized carbons (Fsp3) is 0.286. The van der Waals surface area contributed by atoms with Gasteiger partial charge in [-0.2, -0.15) is 0 Å². The van der Waals surface area contributed by atoms with Crippen molar-refractivity contribution in [2.45, 2.75) is 19.9 Å². The van der Waals surface area contributed by atoms with Gasteiger partial charge in [0.05, 0.1) is 24.2 Å². The minimum atomic E-state index is -0.535. The van der Waals surface area contributed by atoms with Crippen LogP contribution in [0.1, 0.15) is 38.3 Å². The predicted molar refractivity (Wildman–Crippen MR) is 86.3 cm³/mol. The number of rotatable bonds is 6. The number of methoxy groups -OCH3 is 1. The molecule has 0 saturated heterocycles. The molecule has 3 N–H and O–H groups in total. The third-order valence-corrected chi connectivity index (χ3v) is 4.99. The topological polar surface area (TPSA) is 81.4 Å². The van der Waals surface area contributed by atoms with Crippen molar-refractivity contribution in [2.24, 2.45) is 0 Å². The van der Waals surface area contributed by atoms with E-state index in [0.717, 1.165) is 4.88 Å². The first-order valence-electron chi connectivity index (χ1n) is 6.38. The second kappa shape index (κ2) is 6.73. The van der Waals surface area contributed by atoms with E-state index in [2.05, 4.69) is 5.32 Å². The molecule has 0 spiro atoms. The largest absolute Gasteiger partial charge is 0.465 e. The smallest absolute Gasteiger partial charge is 0.343 e. The minimum absolute atomic E-state index is 0.0770. The summed E-state index contributed by atoms with van der Waals surface area (Å²) in [6.45, 7) is 2.33. The summed E-state index contributed by atoms with van der Waals surface area (Å²) in [5.74, 6) is -0.612. The third kappa shape index (κ3) is 3.25. The van der Waals surface area contributed by atoms with E-state index in [9.17, 15) is 9.59 Å². The van der Waals surface area contributed by atoms with Crippen molar-refractivity contribution >= 4 is 45.1 Å². The number of esters is 1. The number of nitrogen functional groups attached to an aromatic ring is 1. The van der Waals surface area contributed by atoms with Gasteiger partial charge in [0.1, 0.15) is 10.6 Å². The van der Waals surface area contributed by atoms with E-state index in [1.165, 1.54) is 18.4 Å². The number of thiophene rings is 2. The van der Waals surface area contributed by atoms with Gasteiger partial charge >= 0.3 is 5.97 Å². The zero-order valence-corrected chi connectivity index (χ0v) is 13.4. The molecular formula is C14H16N2O3S2. The number of nitrogens with two attached hydrogens (primary N) is 1. The number of Topliss-reactive ketones (excluding diaryl/α,β-unsaturated/α-hetero) is 1. The van der Waals surface area contributed by atoms with Crippen molar-refractivity contribution in [3.63, 3.8) is 0 Å². The normalized spacial score (nSPS) is 10.4. The Labute approximate surface area is 130 Å². The Hall–Kier alpha value is -1.86. The quantitative estimate of drug-likeness (QED) is 0.629. The second-order valence-electron chi connectivity index (χ2n) is 4.25. The molecule has 0 saturated carbocycles. The van der Waals surface area contributed by atoms with E-state index >= 15 is 0 Å². The lowest BCUT2D eigenvalue weighted by atomic mass is 10.2. The van der Waals surface area contributed by atoms with Crippen molar-refractivity contribution in [3.05, 3.63) is 32.8 Å². The van der Waals surface area contributed by atoms with E-state index in [4.69, 9.17) is 10.5 Å². The van der Waals surface area contributed by atoms with Crippen LogP contribution in [0.5, 0.6) is 0 Å². The molecule has 0 aliphatic carbocycles. The number of carbonyl (C=O) groups excluding carboxylic acids is 2. The SMILES string of the molecule is CCC(=O)c1sc(NCc2cccs2)c(C(=O)OC)c1N. The first-order valence-corrected chi connectivity index (χ1v) is 8.08. The molecule has 21 heavy (non-hydrogen) atoms. The van der Waals surface area contributed by atoms with Crippen LogP contribution >= 0.6 is 22.7 Å². The maximum absolute atomic E-state index is 11.9. The summed E-state index contributed by atoms with van der Waals surface area (Å²) in [7, 11) is 1.30. The van der Waals surface area contributed by atoms with Crippen molar-refractivity contribution in [1.29, 1.82) is 0 Å². The second-order valence-corrected chi connectivity index (χ2v) is 6.30. The summed E-state index contributed by atoms with van der Waals surface area (Å²) >= 11 is 2.81. The number of anilines is 2. The lowest BCUT2D eigenvalue weighted by Gasteiger charge is -2.05. The molecule has 2 heterocycles. The fourth-order valence-corrected chi connectivity index (χ4v) is 3.58. The minimum Gasteiger partial charge on any atom is -0.465 e. The van der Waals surface area contributed by atoms with Gasteiger partial charge in [0.15, 0.2) is 5.78 Å². The molecule has 0 atom stereocenters. The monoisotopic (exact) mass is 324 g/mol. The number of ether oxygens (including phenoxy) is 1. The van der Waals surface area contributed by atoms with Crippen LogP contribution < -0.4 is 11.1 Å². The molecule has 5 nitrogen and oxygen atoms in total. The molecule has 0 aliphatic heterocycles. The summed E-state index contributed by atoms with van der Waals surface area (Å²) < 4.78 is 4.76. The van der Waals surface area contributed by atoms with Gasteiger partial charge in [0.2, 0.25) is 0 Å². The third-order valence-electron chi connectivity index (χ3n) is 2.91. The van der Waals surface area contributed by atoms with Crippen LogP contribution in [0.4, 0.5) is 10.7 Å². The Morgan fingerprint density at radius 2 is 2.19 bits per heavy atom. The molecule has 2 aromatic heterocycles. The predicted octanol–water partition coefficient (Wildman–Crippen LogP) is 3.38. The van der Waals surface area contributed by atoms with E-state index < -0.39 is 5.97 Å². The first kappa shape index (κ1) is 15.5. The van der Waals surface area contributed by atoms with Gasteiger partial charge in [-0.15, -0.1) is 22.7 Å². The molecule has 0 radical (unpaired) electrons. The molecular weight excluding hydrogens is 308 g/mol. The van der Waals surface area contributed by atoms with Gasteiger partial charge in [0, 0.05) is 11.3 Å². The summed E-state index contributed by atoms with van der Waals surface area (Å²) in [5, 5.41) is 5.72. The van der Waals surface area contributed by atoms with Gasteiger partial charge < -0.3 is 15.8 Å². The average Bonchev–Trinajstić information content (AvgIpc) is 3.11. The number of nitrogens with one attached hydrogen (secondary N) is 1. The van der Waals surface area contributed by atoms with Crippen LogP contribution in [-0.4, -0.2) is 18.9 Å². The molecule has 2 rings (SSSR count). The Bertz CT molecular complexity index is 647. The number of ketones is 1. The van der Waals surface area contributed by atoms with Crippen LogP contribution in [-0.2, 0) is 11.3 Å². The number of hydrogen-bond donors (Lipinski definition) is 2. The zero-order chi connectivity index (χ0) is 15.4. The van der Waals surface area contributed by atoms with Gasteiger partial charge in [-0.3, -0.25) is 4.79 Å². The maximum Gasteiger partial charge on any atom is 0.343 e. The molecule has 112 valence electrons. The van der Waals surface area contributed by atoms with Crippen molar-refractivity contribution in [3.8, 4) is 0 Å². The highest BCUT2D eigenvalue weighted by molar-refractivity contribution is 7.19. The van der Waals surface area contributed by atoms with Crippen LogP contribution in [0.3, 0.4) is 0 Å². The van der Waals surface area contributed by atoms with E-state index in [-0.39, 0.29) is 17.0 Å². The molecule has 0 amide bonds. The molecule has 7 heteroatoms. The van der Waals surface area contributed by atoms with Crippen LogP contribution in [0.25, 0.3) is 0 Å². The highest BCUT2D eigenvalue weighted by Crippen LogP contribution is 2.37. The Morgan fingerprint density at radius 1 is 1.43 bits per heavy atom. The Kier molecular flexibility index (Phi) is 4.98. The highest BCUT2D eigenvalue weighted by Gasteiger charge is 2.25. The summed E-state index contributed by atoms with van der Waals surface area (Å²) in [6, 6.07) is 3.95. The Balaban J connectivity index is 2.33. The highest BCUT2D eigenvalue weighted by atomic mass is 32.1. The summed E-state index contributed by atoms with van der Waals surface area (Å²) in [4.78, 5) is 25.3.